The highest BCUT2D eigenvalue weighted by Gasteiger charge is 2.35. The molecular formula is C8H10N2. The molecule has 0 fully saturated rings. The Morgan fingerprint density at radius 3 is 2.20 bits per heavy atom. The van der Waals surface area contributed by atoms with Crippen LogP contribution >= 0.6 is 0 Å². The molecular weight excluding hydrogens is 124 g/mol. The summed E-state index contributed by atoms with van der Waals surface area (Å²) in [6.45, 7) is 0.509. The smallest absolute Gasteiger partial charge is 0.0790 e. The van der Waals surface area contributed by atoms with Crippen molar-refractivity contribution in [2.75, 3.05) is 6.54 Å². The van der Waals surface area contributed by atoms with Crippen LogP contribution in [0.15, 0.2) is 24.3 Å². The van der Waals surface area contributed by atoms with Crippen molar-refractivity contribution in [3.63, 3.8) is 0 Å². The summed E-state index contributed by atoms with van der Waals surface area (Å²) in [4.78, 5) is 0. The second kappa shape index (κ2) is 1.59. The van der Waals surface area contributed by atoms with E-state index in [2.05, 4.69) is 6.07 Å². The van der Waals surface area contributed by atoms with Crippen molar-refractivity contribution in [3.8, 4) is 0 Å². The monoisotopic (exact) mass is 134 g/mol. The van der Waals surface area contributed by atoms with Gasteiger partial charge in [-0.05, 0) is 11.1 Å². The van der Waals surface area contributed by atoms with E-state index >= 15 is 0 Å². The minimum Gasteiger partial charge on any atom is -0.328 e. The van der Waals surface area contributed by atoms with Gasteiger partial charge in [0.05, 0.1) is 5.54 Å². The highest BCUT2D eigenvalue weighted by atomic mass is 14.8. The van der Waals surface area contributed by atoms with Crippen LogP contribution < -0.4 is 11.5 Å². The van der Waals surface area contributed by atoms with Crippen LogP contribution in [-0.2, 0) is 5.54 Å². The van der Waals surface area contributed by atoms with Crippen molar-refractivity contribution < 1.29 is 0 Å². The number of benzene rings is 1. The van der Waals surface area contributed by atoms with Gasteiger partial charge < -0.3 is 11.5 Å². The first-order valence-electron chi connectivity index (χ1n) is 3.37. The third-order valence-electron chi connectivity index (χ3n) is 2.21. The lowest BCUT2D eigenvalue weighted by Crippen LogP contribution is -2.49. The van der Waals surface area contributed by atoms with Crippen LogP contribution in [-0.4, -0.2) is 6.54 Å². The molecule has 0 unspecified atom stereocenters. The maximum Gasteiger partial charge on any atom is 0.0790 e. The van der Waals surface area contributed by atoms with E-state index in [4.69, 9.17) is 11.5 Å². The first-order valence-corrected chi connectivity index (χ1v) is 3.37. The van der Waals surface area contributed by atoms with Crippen LogP contribution in [0, 0.1) is 0 Å². The molecule has 2 aliphatic rings. The Balaban J connectivity index is 2.51. The Bertz CT molecular complexity index is 241. The summed E-state index contributed by atoms with van der Waals surface area (Å²) in [6.07, 6.45) is 0. The zero-order valence-corrected chi connectivity index (χ0v) is 5.67. The molecule has 3 rings (SSSR count). The van der Waals surface area contributed by atoms with Crippen molar-refractivity contribution in [1.29, 1.82) is 0 Å². The van der Waals surface area contributed by atoms with E-state index in [0.29, 0.717) is 6.54 Å². The predicted octanol–water partition coefficient (Wildman–Crippen LogP) is 0.161. The minimum absolute atomic E-state index is 0.311. The second-order valence-corrected chi connectivity index (χ2v) is 2.76. The molecule has 1 aromatic carbocycles. The first-order chi connectivity index (χ1) is 4.77. The zero-order valence-electron chi connectivity index (χ0n) is 5.67. The standard InChI is InChI=1S/C8H10N2/c9-5-8(10)6-2-1-3-7(8)4-6/h1-4H,5,9-10H2. The lowest BCUT2D eigenvalue weighted by Gasteiger charge is -2.37. The van der Waals surface area contributed by atoms with Gasteiger partial charge in [0.25, 0.3) is 0 Å². The molecule has 0 aliphatic heterocycles. The van der Waals surface area contributed by atoms with Crippen LogP contribution in [0.3, 0.4) is 0 Å². The molecule has 4 N–H and O–H groups in total. The normalized spacial score (nSPS) is 18.2. The maximum absolute atomic E-state index is 5.94. The minimum atomic E-state index is -0.311. The Kier molecular flexibility index (Phi) is 0.938. The molecule has 0 radical (unpaired) electrons. The summed E-state index contributed by atoms with van der Waals surface area (Å²) in [7, 11) is 0. The van der Waals surface area contributed by atoms with Crippen molar-refractivity contribution in [2.24, 2.45) is 11.5 Å². The van der Waals surface area contributed by atoms with E-state index in [0.717, 1.165) is 11.1 Å². The molecule has 0 amide bonds. The SMILES string of the molecule is NCC1(N)c2cccc1c2. The largest absolute Gasteiger partial charge is 0.328 e. The van der Waals surface area contributed by atoms with Gasteiger partial charge in [-0.3, -0.25) is 0 Å². The fraction of sp³-hybridized carbons (Fsp3) is 0.250. The average Bonchev–Trinajstić information content (AvgIpc) is 2.04. The maximum atomic E-state index is 5.94. The Morgan fingerprint density at radius 1 is 1.30 bits per heavy atom. The van der Waals surface area contributed by atoms with Gasteiger partial charge in [0.15, 0.2) is 0 Å². The Hall–Kier alpha value is -0.860. The third kappa shape index (κ3) is 0.462. The molecule has 0 atom stereocenters. The Labute approximate surface area is 59.8 Å². The van der Waals surface area contributed by atoms with Crippen LogP contribution in [0.25, 0.3) is 0 Å². The molecule has 2 aliphatic carbocycles. The van der Waals surface area contributed by atoms with Gasteiger partial charge in [-0.1, -0.05) is 24.3 Å². The van der Waals surface area contributed by atoms with Crippen LogP contribution in [0.5, 0.6) is 0 Å². The number of hydrogen-bond acceptors (Lipinski definition) is 2. The van der Waals surface area contributed by atoms with Crippen molar-refractivity contribution in [3.05, 3.63) is 35.4 Å². The fourth-order valence-electron chi connectivity index (χ4n) is 1.40. The zero-order chi connectivity index (χ0) is 7.19. The summed E-state index contributed by atoms with van der Waals surface area (Å²) in [5.41, 5.74) is 13.5. The molecule has 0 heterocycles. The Morgan fingerprint density at radius 2 is 1.90 bits per heavy atom. The van der Waals surface area contributed by atoms with Crippen LogP contribution in [0.4, 0.5) is 0 Å². The average molecular weight is 134 g/mol. The predicted molar refractivity (Wildman–Crippen MR) is 40.5 cm³/mol. The van der Waals surface area contributed by atoms with Gasteiger partial charge in [-0.15, -0.1) is 0 Å². The fourth-order valence-corrected chi connectivity index (χ4v) is 1.40. The van der Waals surface area contributed by atoms with E-state index in [1.54, 1.807) is 0 Å². The van der Waals surface area contributed by atoms with E-state index in [1.165, 1.54) is 0 Å². The topological polar surface area (TPSA) is 52.0 Å². The van der Waals surface area contributed by atoms with Crippen molar-refractivity contribution >= 4 is 0 Å². The third-order valence-corrected chi connectivity index (χ3v) is 2.21. The lowest BCUT2D eigenvalue weighted by molar-refractivity contribution is 0.515. The molecule has 2 heteroatoms. The van der Waals surface area contributed by atoms with Gasteiger partial charge in [-0.25, -0.2) is 0 Å². The molecule has 10 heavy (non-hydrogen) atoms. The van der Waals surface area contributed by atoms with Crippen molar-refractivity contribution in [2.45, 2.75) is 5.54 Å². The van der Waals surface area contributed by atoms with E-state index < -0.39 is 0 Å². The highest BCUT2D eigenvalue weighted by molar-refractivity contribution is 5.49. The number of nitrogens with two attached hydrogens (primary N) is 2. The van der Waals surface area contributed by atoms with E-state index in [-0.39, 0.29) is 5.54 Å². The number of rotatable bonds is 1. The molecule has 1 aromatic rings. The molecule has 0 spiro atoms. The molecule has 2 nitrogen and oxygen atoms in total. The van der Waals surface area contributed by atoms with E-state index in [1.807, 2.05) is 18.2 Å². The molecule has 2 bridgehead atoms. The van der Waals surface area contributed by atoms with Crippen LogP contribution in [0.1, 0.15) is 11.1 Å². The van der Waals surface area contributed by atoms with E-state index in [9.17, 15) is 0 Å². The van der Waals surface area contributed by atoms with Crippen LogP contribution in [0.2, 0.25) is 0 Å². The van der Waals surface area contributed by atoms with Gasteiger partial charge in [0.2, 0.25) is 0 Å². The summed E-state index contributed by atoms with van der Waals surface area (Å²) in [6, 6.07) is 8.11. The number of hydrogen-bond donors (Lipinski definition) is 2. The highest BCUT2D eigenvalue weighted by Crippen LogP contribution is 2.35. The van der Waals surface area contributed by atoms with Crippen molar-refractivity contribution in [1.82, 2.24) is 0 Å². The van der Waals surface area contributed by atoms with Gasteiger partial charge in [-0.2, -0.15) is 0 Å². The quantitative estimate of drug-likeness (QED) is 0.575. The lowest BCUT2D eigenvalue weighted by atomic mass is 9.74. The van der Waals surface area contributed by atoms with Gasteiger partial charge in [0, 0.05) is 6.54 Å². The summed E-state index contributed by atoms with van der Waals surface area (Å²) in [5, 5.41) is 0. The molecule has 0 saturated carbocycles. The number of fused-ring (bicyclic) bond motifs is 2. The first kappa shape index (κ1) is 5.89. The van der Waals surface area contributed by atoms with Gasteiger partial charge in [0.1, 0.15) is 0 Å². The molecule has 0 saturated heterocycles. The summed E-state index contributed by atoms with van der Waals surface area (Å²) in [5.74, 6) is 0. The van der Waals surface area contributed by atoms with Gasteiger partial charge >= 0.3 is 0 Å². The summed E-state index contributed by atoms with van der Waals surface area (Å²) < 4.78 is 0. The molecule has 52 valence electrons. The second-order valence-electron chi connectivity index (χ2n) is 2.76. The summed E-state index contributed by atoms with van der Waals surface area (Å²) >= 11 is 0. The molecule has 0 aromatic heterocycles.